The molecule has 1 amide bonds. The fraction of sp³-hybridized carbons (Fsp3) is 0.385. The average Bonchev–Trinajstić information content (AvgIpc) is 2.49. The Balaban J connectivity index is 1.95. The van der Waals surface area contributed by atoms with E-state index < -0.39 is 0 Å². The number of anilines is 1. The summed E-state index contributed by atoms with van der Waals surface area (Å²) < 4.78 is 0. The third kappa shape index (κ3) is 3.31. The first-order valence-electron chi connectivity index (χ1n) is 6.56. The quantitative estimate of drug-likeness (QED) is 0.672. The Labute approximate surface area is 115 Å². The number of hydrogen-bond donors (Lipinski definition) is 3. The van der Waals surface area contributed by atoms with Crippen LogP contribution >= 0.6 is 0 Å². The van der Waals surface area contributed by atoms with Crippen molar-refractivity contribution in [3.05, 3.63) is 28.7 Å². The van der Waals surface area contributed by atoms with Crippen LogP contribution in [0.3, 0.4) is 0 Å². The number of nitrogens with zero attached hydrogens (tertiary/aromatic N) is 2. The van der Waals surface area contributed by atoms with E-state index >= 15 is 0 Å². The molecule has 0 bridgehead atoms. The molecule has 0 aromatic carbocycles. The van der Waals surface area contributed by atoms with Gasteiger partial charge in [-0.3, -0.25) is 14.6 Å². The maximum Gasteiger partial charge on any atom is 0.273 e. The first kappa shape index (κ1) is 14.0. The summed E-state index contributed by atoms with van der Waals surface area (Å²) in [6.07, 6.45) is 2.88. The first-order chi connectivity index (χ1) is 9.72. The number of aromatic amines is 1. The van der Waals surface area contributed by atoms with Crippen LogP contribution in [-0.2, 0) is 4.79 Å². The molecule has 2 rings (SSSR count). The Morgan fingerprint density at radius 2 is 2.25 bits per heavy atom. The molecule has 0 saturated heterocycles. The summed E-state index contributed by atoms with van der Waals surface area (Å²) in [4.78, 5) is 26.8. The molecule has 20 heavy (non-hydrogen) atoms. The third-order valence-corrected chi connectivity index (χ3v) is 2.84. The molecule has 0 fully saturated rings. The second kappa shape index (κ2) is 6.65. The molecule has 0 aliphatic heterocycles. The van der Waals surface area contributed by atoms with Crippen LogP contribution in [0.5, 0.6) is 0 Å². The van der Waals surface area contributed by atoms with E-state index in [1.807, 2.05) is 6.92 Å². The van der Waals surface area contributed by atoms with Gasteiger partial charge in [-0.15, -0.1) is 0 Å². The SMILES string of the molecule is CCC(=O)NCCCNc1n[nH]c(=O)c2cccnc12. The second-order valence-electron chi connectivity index (χ2n) is 4.28. The number of rotatable bonds is 6. The number of aromatic nitrogens is 3. The molecule has 0 aliphatic carbocycles. The van der Waals surface area contributed by atoms with E-state index in [1.54, 1.807) is 18.3 Å². The van der Waals surface area contributed by atoms with E-state index in [-0.39, 0.29) is 11.5 Å². The van der Waals surface area contributed by atoms with E-state index in [1.165, 1.54) is 0 Å². The minimum absolute atomic E-state index is 0.0410. The van der Waals surface area contributed by atoms with Gasteiger partial charge >= 0.3 is 0 Å². The van der Waals surface area contributed by atoms with Crippen molar-refractivity contribution in [1.29, 1.82) is 0 Å². The Kier molecular flexibility index (Phi) is 4.65. The van der Waals surface area contributed by atoms with Gasteiger partial charge < -0.3 is 10.6 Å². The topological polar surface area (TPSA) is 99.8 Å². The van der Waals surface area contributed by atoms with Gasteiger partial charge in [-0.2, -0.15) is 5.10 Å². The minimum atomic E-state index is -0.256. The summed E-state index contributed by atoms with van der Waals surface area (Å²) in [5, 5.41) is 12.8. The second-order valence-corrected chi connectivity index (χ2v) is 4.28. The Morgan fingerprint density at radius 3 is 3.05 bits per heavy atom. The predicted molar refractivity (Wildman–Crippen MR) is 76.6 cm³/mol. The highest BCUT2D eigenvalue weighted by Gasteiger charge is 2.06. The third-order valence-electron chi connectivity index (χ3n) is 2.84. The monoisotopic (exact) mass is 275 g/mol. The lowest BCUT2D eigenvalue weighted by Crippen LogP contribution is -2.25. The molecule has 106 valence electrons. The lowest BCUT2D eigenvalue weighted by Gasteiger charge is -2.07. The number of carbonyl (C=O) groups is 1. The van der Waals surface area contributed by atoms with Crippen LogP contribution in [0.15, 0.2) is 23.1 Å². The Morgan fingerprint density at radius 1 is 1.40 bits per heavy atom. The molecule has 3 N–H and O–H groups in total. The summed E-state index contributed by atoms with van der Waals surface area (Å²) in [6.45, 7) is 3.05. The molecule has 0 unspecified atom stereocenters. The van der Waals surface area contributed by atoms with Gasteiger partial charge in [0.15, 0.2) is 5.82 Å². The molecule has 0 spiro atoms. The summed E-state index contributed by atoms with van der Waals surface area (Å²) in [7, 11) is 0. The lowest BCUT2D eigenvalue weighted by atomic mass is 10.3. The van der Waals surface area contributed by atoms with Crippen LogP contribution in [0.4, 0.5) is 5.82 Å². The largest absolute Gasteiger partial charge is 0.367 e. The van der Waals surface area contributed by atoms with Gasteiger partial charge in [0, 0.05) is 25.7 Å². The van der Waals surface area contributed by atoms with Gasteiger partial charge in [-0.25, -0.2) is 5.10 Å². The maximum absolute atomic E-state index is 11.6. The number of fused-ring (bicyclic) bond motifs is 1. The van der Waals surface area contributed by atoms with Crippen molar-refractivity contribution in [3.8, 4) is 0 Å². The highest BCUT2D eigenvalue weighted by atomic mass is 16.1. The van der Waals surface area contributed by atoms with Crippen molar-refractivity contribution < 1.29 is 4.79 Å². The zero-order chi connectivity index (χ0) is 14.4. The highest BCUT2D eigenvalue weighted by molar-refractivity contribution is 5.86. The fourth-order valence-electron chi connectivity index (χ4n) is 1.77. The molecule has 7 heteroatoms. The number of amides is 1. The van der Waals surface area contributed by atoms with Gasteiger partial charge in [0.25, 0.3) is 5.56 Å². The van der Waals surface area contributed by atoms with Crippen molar-refractivity contribution in [1.82, 2.24) is 20.5 Å². The van der Waals surface area contributed by atoms with Crippen LogP contribution in [0.2, 0.25) is 0 Å². The molecular weight excluding hydrogens is 258 g/mol. The van der Waals surface area contributed by atoms with Gasteiger partial charge in [0.2, 0.25) is 5.91 Å². The number of H-pyrrole nitrogens is 1. The summed E-state index contributed by atoms with van der Waals surface area (Å²) >= 11 is 0. The van der Waals surface area contributed by atoms with Crippen LogP contribution in [0.25, 0.3) is 10.9 Å². The highest BCUT2D eigenvalue weighted by Crippen LogP contribution is 2.13. The van der Waals surface area contributed by atoms with Crippen molar-refractivity contribution in [2.24, 2.45) is 0 Å². The molecular formula is C13H17N5O2. The first-order valence-corrected chi connectivity index (χ1v) is 6.56. The molecule has 0 radical (unpaired) electrons. The minimum Gasteiger partial charge on any atom is -0.367 e. The van der Waals surface area contributed by atoms with Crippen molar-refractivity contribution in [2.75, 3.05) is 18.4 Å². The smallest absolute Gasteiger partial charge is 0.273 e. The van der Waals surface area contributed by atoms with E-state index in [0.29, 0.717) is 36.2 Å². The molecule has 0 aliphatic rings. The summed E-state index contributed by atoms with van der Waals surface area (Å²) in [5.41, 5.74) is 0.294. The Hall–Kier alpha value is -2.44. The maximum atomic E-state index is 11.6. The lowest BCUT2D eigenvalue weighted by molar-refractivity contribution is -0.120. The van der Waals surface area contributed by atoms with Crippen molar-refractivity contribution in [2.45, 2.75) is 19.8 Å². The molecule has 2 heterocycles. The van der Waals surface area contributed by atoms with Crippen molar-refractivity contribution in [3.63, 3.8) is 0 Å². The molecule has 2 aromatic heterocycles. The number of hydrogen-bond acceptors (Lipinski definition) is 5. The van der Waals surface area contributed by atoms with Crippen LogP contribution in [-0.4, -0.2) is 34.2 Å². The van der Waals surface area contributed by atoms with E-state index in [9.17, 15) is 9.59 Å². The molecule has 2 aromatic rings. The number of carbonyl (C=O) groups excluding carboxylic acids is 1. The summed E-state index contributed by atoms with van der Waals surface area (Å²) in [5.74, 6) is 0.585. The van der Waals surface area contributed by atoms with E-state index in [2.05, 4.69) is 25.8 Å². The van der Waals surface area contributed by atoms with Crippen LogP contribution < -0.4 is 16.2 Å². The zero-order valence-electron chi connectivity index (χ0n) is 11.3. The van der Waals surface area contributed by atoms with Gasteiger partial charge in [0.05, 0.1) is 5.39 Å². The fourth-order valence-corrected chi connectivity index (χ4v) is 1.77. The standard InChI is InChI=1S/C13H17N5O2/c1-2-10(19)14-7-4-8-16-12-11-9(5-3-6-15-11)13(20)18-17-12/h3,5-6H,2,4,7-8H2,1H3,(H,14,19)(H,16,17)(H,18,20). The summed E-state index contributed by atoms with van der Waals surface area (Å²) in [6, 6.07) is 3.41. The average molecular weight is 275 g/mol. The van der Waals surface area contributed by atoms with Crippen LogP contribution in [0, 0.1) is 0 Å². The molecule has 7 nitrogen and oxygen atoms in total. The molecule has 0 atom stereocenters. The number of pyridine rings is 1. The van der Waals surface area contributed by atoms with E-state index in [0.717, 1.165) is 6.42 Å². The van der Waals surface area contributed by atoms with Gasteiger partial charge in [-0.1, -0.05) is 6.92 Å². The number of nitrogens with one attached hydrogen (secondary N) is 3. The van der Waals surface area contributed by atoms with Crippen molar-refractivity contribution >= 4 is 22.6 Å². The van der Waals surface area contributed by atoms with Gasteiger partial charge in [0.1, 0.15) is 5.52 Å². The van der Waals surface area contributed by atoms with E-state index in [4.69, 9.17) is 0 Å². The van der Waals surface area contributed by atoms with Gasteiger partial charge in [-0.05, 0) is 18.6 Å². The van der Waals surface area contributed by atoms with Crippen LogP contribution in [0.1, 0.15) is 19.8 Å². The Bertz CT molecular complexity index is 652. The normalized spacial score (nSPS) is 10.4. The zero-order valence-corrected chi connectivity index (χ0v) is 11.3. The predicted octanol–water partition coefficient (Wildman–Crippen LogP) is 0.646. The molecule has 0 saturated carbocycles.